The molecule has 0 aromatic heterocycles. The van der Waals surface area contributed by atoms with Crippen molar-refractivity contribution in [1.82, 2.24) is 8.61 Å². The lowest BCUT2D eigenvalue weighted by atomic mass is 9.97. The third-order valence-corrected chi connectivity index (χ3v) is 5.05. The van der Waals surface area contributed by atoms with Crippen LogP contribution in [0.3, 0.4) is 0 Å². The van der Waals surface area contributed by atoms with Crippen molar-refractivity contribution in [3.05, 3.63) is 0 Å². The predicted octanol–water partition coefficient (Wildman–Crippen LogP) is 1.01. The van der Waals surface area contributed by atoms with Crippen molar-refractivity contribution >= 4 is 16.2 Å². The van der Waals surface area contributed by atoms with Crippen molar-refractivity contribution in [2.45, 2.75) is 33.6 Å². The van der Waals surface area contributed by atoms with E-state index in [0.29, 0.717) is 25.9 Å². The molecular formula is C12H24N2O4S. The monoisotopic (exact) mass is 292 g/mol. The Bertz CT molecular complexity index is 428. The molecular weight excluding hydrogens is 268 g/mol. The standard InChI is InChI=1S/C12H24N2O4S/c1-12(2,3)9-13(4)19(17,18)14-7-5-6-10(8-14)11(15)16/h10H,5-9H2,1-4H3,(H,15,16). The van der Waals surface area contributed by atoms with E-state index in [1.54, 1.807) is 7.05 Å². The van der Waals surface area contributed by atoms with E-state index >= 15 is 0 Å². The number of nitrogens with zero attached hydrogens (tertiary/aromatic N) is 2. The summed E-state index contributed by atoms with van der Waals surface area (Å²) < 4.78 is 27.4. The fourth-order valence-electron chi connectivity index (χ4n) is 2.30. The van der Waals surface area contributed by atoms with Crippen molar-refractivity contribution < 1.29 is 18.3 Å². The highest BCUT2D eigenvalue weighted by atomic mass is 32.2. The molecule has 1 aliphatic heterocycles. The number of piperidine rings is 1. The maximum Gasteiger partial charge on any atom is 0.307 e. The second-order valence-corrected chi connectivity index (χ2v) is 8.40. The maximum absolute atomic E-state index is 12.4. The number of rotatable bonds is 4. The summed E-state index contributed by atoms with van der Waals surface area (Å²) in [4.78, 5) is 11.0. The van der Waals surface area contributed by atoms with Crippen LogP contribution in [0, 0.1) is 11.3 Å². The molecule has 0 amide bonds. The molecule has 1 fully saturated rings. The van der Waals surface area contributed by atoms with E-state index < -0.39 is 22.1 Å². The smallest absolute Gasteiger partial charge is 0.307 e. The van der Waals surface area contributed by atoms with E-state index in [4.69, 9.17) is 5.11 Å². The molecule has 1 heterocycles. The first kappa shape index (κ1) is 16.4. The number of carboxylic acids is 1. The van der Waals surface area contributed by atoms with Gasteiger partial charge in [0.25, 0.3) is 10.2 Å². The average molecular weight is 292 g/mol. The van der Waals surface area contributed by atoms with Crippen LogP contribution in [0.5, 0.6) is 0 Å². The highest BCUT2D eigenvalue weighted by Gasteiger charge is 2.35. The van der Waals surface area contributed by atoms with Gasteiger partial charge in [-0.3, -0.25) is 4.79 Å². The Morgan fingerprint density at radius 2 is 2.00 bits per heavy atom. The van der Waals surface area contributed by atoms with Crippen LogP contribution in [0.2, 0.25) is 0 Å². The van der Waals surface area contributed by atoms with Crippen LogP contribution in [-0.4, -0.2) is 54.8 Å². The SMILES string of the molecule is CN(CC(C)(C)C)S(=O)(=O)N1CCCC(C(=O)O)C1. The van der Waals surface area contributed by atoms with Gasteiger partial charge in [-0.1, -0.05) is 20.8 Å². The molecule has 1 unspecified atom stereocenters. The van der Waals surface area contributed by atoms with E-state index in [1.165, 1.54) is 8.61 Å². The van der Waals surface area contributed by atoms with Crippen LogP contribution >= 0.6 is 0 Å². The van der Waals surface area contributed by atoms with Gasteiger partial charge in [-0.2, -0.15) is 17.0 Å². The van der Waals surface area contributed by atoms with Gasteiger partial charge in [-0.15, -0.1) is 0 Å². The zero-order valence-electron chi connectivity index (χ0n) is 12.1. The third-order valence-electron chi connectivity index (χ3n) is 3.15. The molecule has 1 aliphatic rings. The minimum atomic E-state index is -3.56. The van der Waals surface area contributed by atoms with E-state index in [0.717, 1.165) is 0 Å². The normalized spacial score (nSPS) is 22.7. The minimum Gasteiger partial charge on any atom is -0.481 e. The summed E-state index contributed by atoms with van der Waals surface area (Å²) in [5, 5.41) is 9.01. The van der Waals surface area contributed by atoms with Crippen molar-refractivity contribution in [1.29, 1.82) is 0 Å². The largest absolute Gasteiger partial charge is 0.481 e. The highest BCUT2D eigenvalue weighted by molar-refractivity contribution is 7.86. The first-order chi connectivity index (χ1) is 8.54. The summed E-state index contributed by atoms with van der Waals surface area (Å²) in [6.07, 6.45) is 1.14. The molecule has 1 atom stereocenters. The zero-order valence-corrected chi connectivity index (χ0v) is 12.9. The van der Waals surface area contributed by atoms with Crippen molar-refractivity contribution in [2.75, 3.05) is 26.7 Å². The van der Waals surface area contributed by atoms with Crippen molar-refractivity contribution in [2.24, 2.45) is 11.3 Å². The first-order valence-corrected chi connectivity index (χ1v) is 7.88. The number of hydrogen-bond acceptors (Lipinski definition) is 3. The predicted molar refractivity (Wildman–Crippen MR) is 72.9 cm³/mol. The Morgan fingerprint density at radius 3 is 2.47 bits per heavy atom. The lowest BCUT2D eigenvalue weighted by Crippen LogP contribution is -2.49. The Hall–Kier alpha value is -0.660. The van der Waals surface area contributed by atoms with Crippen LogP contribution in [0.15, 0.2) is 0 Å². The number of carboxylic acid groups (broad SMARTS) is 1. The summed E-state index contributed by atoms with van der Waals surface area (Å²) in [7, 11) is -2.01. The third kappa shape index (κ3) is 4.43. The number of carbonyl (C=O) groups is 1. The highest BCUT2D eigenvalue weighted by Crippen LogP contribution is 2.23. The summed E-state index contributed by atoms with van der Waals surface area (Å²) >= 11 is 0. The molecule has 7 heteroatoms. The van der Waals surface area contributed by atoms with Crippen LogP contribution in [-0.2, 0) is 15.0 Å². The fourth-order valence-corrected chi connectivity index (χ4v) is 3.97. The van der Waals surface area contributed by atoms with Crippen molar-refractivity contribution in [3.8, 4) is 0 Å². The Labute approximate surface area is 115 Å². The van der Waals surface area contributed by atoms with Crippen LogP contribution in [0.1, 0.15) is 33.6 Å². The minimum absolute atomic E-state index is 0.0755. The maximum atomic E-state index is 12.4. The molecule has 0 bridgehead atoms. The van der Waals surface area contributed by atoms with Gasteiger partial charge >= 0.3 is 5.97 Å². The van der Waals surface area contributed by atoms with Crippen LogP contribution in [0.4, 0.5) is 0 Å². The lowest BCUT2D eigenvalue weighted by Gasteiger charge is -2.35. The second kappa shape index (κ2) is 5.76. The van der Waals surface area contributed by atoms with E-state index in [-0.39, 0.29) is 12.0 Å². The average Bonchev–Trinajstić information content (AvgIpc) is 2.26. The van der Waals surface area contributed by atoms with E-state index in [1.807, 2.05) is 20.8 Å². The molecule has 19 heavy (non-hydrogen) atoms. The molecule has 6 nitrogen and oxygen atoms in total. The molecule has 0 spiro atoms. The summed E-state index contributed by atoms with van der Waals surface area (Å²) in [5.41, 5.74) is -0.135. The Balaban J connectivity index is 2.79. The number of aliphatic carboxylic acids is 1. The molecule has 0 aromatic rings. The first-order valence-electron chi connectivity index (χ1n) is 6.48. The lowest BCUT2D eigenvalue weighted by molar-refractivity contribution is -0.142. The van der Waals surface area contributed by atoms with Gasteiger partial charge in [0.2, 0.25) is 0 Å². The Morgan fingerprint density at radius 1 is 1.42 bits per heavy atom. The van der Waals surface area contributed by atoms with Crippen LogP contribution < -0.4 is 0 Å². The van der Waals surface area contributed by atoms with Gasteiger partial charge in [0, 0.05) is 26.7 Å². The van der Waals surface area contributed by atoms with E-state index in [2.05, 4.69) is 0 Å². The summed E-state index contributed by atoms with van der Waals surface area (Å²) in [6, 6.07) is 0. The molecule has 1 rings (SSSR count). The van der Waals surface area contributed by atoms with Gasteiger partial charge in [0.1, 0.15) is 0 Å². The molecule has 0 aliphatic carbocycles. The number of hydrogen-bond donors (Lipinski definition) is 1. The van der Waals surface area contributed by atoms with Gasteiger partial charge in [0.15, 0.2) is 0 Å². The summed E-state index contributed by atoms with van der Waals surface area (Å²) in [6.45, 7) is 6.79. The van der Waals surface area contributed by atoms with Gasteiger partial charge in [-0.05, 0) is 18.3 Å². The van der Waals surface area contributed by atoms with E-state index in [9.17, 15) is 13.2 Å². The fraction of sp³-hybridized carbons (Fsp3) is 0.917. The van der Waals surface area contributed by atoms with Gasteiger partial charge < -0.3 is 5.11 Å². The zero-order chi connectivity index (χ0) is 14.8. The quantitative estimate of drug-likeness (QED) is 0.838. The topological polar surface area (TPSA) is 77.9 Å². The molecule has 0 aromatic carbocycles. The Kier molecular flexibility index (Phi) is 4.97. The van der Waals surface area contributed by atoms with Crippen LogP contribution in [0.25, 0.3) is 0 Å². The molecule has 112 valence electrons. The molecule has 0 radical (unpaired) electrons. The summed E-state index contributed by atoms with van der Waals surface area (Å²) in [5.74, 6) is -1.51. The second-order valence-electron chi connectivity index (χ2n) is 6.36. The van der Waals surface area contributed by atoms with Gasteiger partial charge in [-0.25, -0.2) is 0 Å². The van der Waals surface area contributed by atoms with Crippen molar-refractivity contribution in [3.63, 3.8) is 0 Å². The molecule has 0 saturated carbocycles. The molecule has 1 saturated heterocycles. The molecule has 1 N–H and O–H groups in total. The van der Waals surface area contributed by atoms with Gasteiger partial charge in [0.05, 0.1) is 5.92 Å².